The number of halogens is 3. The number of likely N-dealkylation sites (tertiary alicyclic amines) is 1. The molecule has 0 aliphatic carbocycles. The van der Waals surface area contributed by atoms with Gasteiger partial charge in [0.1, 0.15) is 18.0 Å². The number of fused-ring (bicyclic) bond motifs is 4. The summed E-state index contributed by atoms with van der Waals surface area (Å²) in [6.07, 6.45) is 5.04. The highest BCUT2D eigenvalue weighted by atomic mass is 35.5. The lowest BCUT2D eigenvalue weighted by Gasteiger charge is -2.41. The average molecular weight is 615 g/mol. The zero-order valence-electron chi connectivity index (χ0n) is 22.3. The smallest absolute Gasteiger partial charge is 0.246 e. The number of benzene rings is 2. The average Bonchev–Trinajstić information content (AvgIpc) is 3.56. The van der Waals surface area contributed by atoms with Crippen molar-refractivity contribution in [3.63, 3.8) is 0 Å². The van der Waals surface area contributed by atoms with Crippen LogP contribution < -0.4 is 5.32 Å². The van der Waals surface area contributed by atoms with E-state index >= 15 is 0 Å². The number of aromatic nitrogens is 2. The maximum absolute atomic E-state index is 14.1. The van der Waals surface area contributed by atoms with Crippen molar-refractivity contribution in [3.8, 4) is 0 Å². The van der Waals surface area contributed by atoms with Crippen molar-refractivity contribution in [3.05, 3.63) is 69.5 Å². The van der Waals surface area contributed by atoms with Crippen molar-refractivity contribution in [2.45, 2.75) is 50.7 Å². The first-order valence-corrected chi connectivity index (χ1v) is 15.1. The standard InChI is InChI=1S/C30H30Cl3N5O3/c31-14-27(39)38-16-24-20(19-5-1-2-6-22(19)36-24)13-26(38)30(41)37-10-4-3-7-25(37)29(40)34-9-8-17-15-35-23-12-18(32)11-21(33)28(17)23/h1-2,5-6,11-12,15,25-26,35-36H,3-4,7-10,13-14,16H2,(H,34,40)/t25-,26-/m0/s1. The minimum atomic E-state index is -0.721. The molecule has 0 saturated carbocycles. The van der Waals surface area contributed by atoms with E-state index in [2.05, 4.69) is 15.3 Å². The van der Waals surface area contributed by atoms with Gasteiger partial charge in [-0.05, 0) is 55.0 Å². The number of hydrogen-bond donors (Lipinski definition) is 3. The lowest BCUT2D eigenvalue weighted by molar-refractivity contribution is -0.151. The first-order chi connectivity index (χ1) is 19.9. The number of para-hydroxylation sites is 1. The molecule has 0 radical (unpaired) electrons. The molecule has 4 heterocycles. The first-order valence-electron chi connectivity index (χ1n) is 13.8. The van der Waals surface area contributed by atoms with Gasteiger partial charge in [0, 0.05) is 58.2 Å². The SMILES string of the molecule is O=C(NCCc1c[nH]c2cc(Cl)cc(Cl)c12)[C@@H]1CCCCN1C(=O)[C@@H]1Cc2c([nH]c3ccccc23)CN1C(=O)CCl. The van der Waals surface area contributed by atoms with E-state index in [9.17, 15) is 14.4 Å². The third kappa shape index (κ3) is 5.29. The summed E-state index contributed by atoms with van der Waals surface area (Å²) in [6, 6.07) is 10.1. The van der Waals surface area contributed by atoms with E-state index in [0.717, 1.165) is 51.5 Å². The third-order valence-corrected chi connectivity index (χ3v) is 9.03. The number of nitrogens with zero attached hydrogens (tertiary/aromatic N) is 2. The van der Waals surface area contributed by atoms with Gasteiger partial charge < -0.3 is 25.1 Å². The predicted octanol–water partition coefficient (Wildman–Crippen LogP) is 5.19. The van der Waals surface area contributed by atoms with Crippen molar-refractivity contribution in [1.29, 1.82) is 0 Å². The highest BCUT2D eigenvalue weighted by Crippen LogP contribution is 2.33. The quantitative estimate of drug-likeness (QED) is 0.261. The lowest BCUT2D eigenvalue weighted by atomic mass is 9.93. The van der Waals surface area contributed by atoms with Crippen LogP contribution in [0.5, 0.6) is 0 Å². The van der Waals surface area contributed by atoms with Crippen molar-refractivity contribution in [1.82, 2.24) is 25.1 Å². The largest absolute Gasteiger partial charge is 0.361 e. The Morgan fingerprint density at radius 1 is 1.02 bits per heavy atom. The van der Waals surface area contributed by atoms with Crippen LogP contribution in [0.2, 0.25) is 10.0 Å². The zero-order valence-corrected chi connectivity index (χ0v) is 24.6. The van der Waals surface area contributed by atoms with E-state index in [1.165, 1.54) is 0 Å². The van der Waals surface area contributed by atoms with Crippen LogP contribution in [0.15, 0.2) is 42.6 Å². The van der Waals surface area contributed by atoms with E-state index in [-0.39, 0.29) is 30.1 Å². The Bertz CT molecular complexity index is 1650. The molecule has 0 unspecified atom stereocenters. The molecule has 2 aromatic carbocycles. The molecule has 214 valence electrons. The number of piperidine rings is 1. The van der Waals surface area contributed by atoms with E-state index < -0.39 is 12.1 Å². The molecular formula is C30H30Cl3N5O3. The van der Waals surface area contributed by atoms with E-state index in [1.54, 1.807) is 15.9 Å². The van der Waals surface area contributed by atoms with Crippen molar-refractivity contribution >= 4 is 74.3 Å². The fourth-order valence-electron chi connectivity index (χ4n) is 6.31. The van der Waals surface area contributed by atoms with Gasteiger partial charge in [-0.15, -0.1) is 11.6 Å². The van der Waals surface area contributed by atoms with Gasteiger partial charge in [-0.2, -0.15) is 0 Å². The minimum Gasteiger partial charge on any atom is -0.361 e. The topological polar surface area (TPSA) is 101 Å². The van der Waals surface area contributed by atoms with Crippen LogP contribution in [-0.4, -0.2) is 68.5 Å². The summed E-state index contributed by atoms with van der Waals surface area (Å²) in [5, 5.41) is 6.08. The molecule has 8 nitrogen and oxygen atoms in total. The fourth-order valence-corrected chi connectivity index (χ4v) is 7.08. The van der Waals surface area contributed by atoms with Crippen LogP contribution in [0.3, 0.4) is 0 Å². The normalized spacial score (nSPS) is 19.0. The second-order valence-corrected chi connectivity index (χ2v) is 11.8. The number of nitrogens with one attached hydrogen (secondary N) is 3. The number of hydrogen-bond acceptors (Lipinski definition) is 3. The Balaban J connectivity index is 1.19. The fraction of sp³-hybridized carbons (Fsp3) is 0.367. The van der Waals surface area contributed by atoms with Crippen molar-refractivity contribution < 1.29 is 14.4 Å². The molecule has 2 aromatic heterocycles. The second-order valence-electron chi connectivity index (χ2n) is 10.7. The number of rotatable bonds is 6. The molecule has 1 saturated heterocycles. The van der Waals surface area contributed by atoms with Crippen LogP contribution in [0.25, 0.3) is 21.8 Å². The Morgan fingerprint density at radius 3 is 2.68 bits per heavy atom. The lowest BCUT2D eigenvalue weighted by Crippen LogP contribution is -2.59. The van der Waals surface area contributed by atoms with Gasteiger partial charge in [0.15, 0.2) is 0 Å². The maximum atomic E-state index is 14.1. The van der Waals surface area contributed by atoms with Gasteiger partial charge in [-0.3, -0.25) is 14.4 Å². The highest BCUT2D eigenvalue weighted by Gasteiger charge is 2.41. The zero-order chi connectivity index (χ0) is 28.7. The summed E-state index contributed by atoms with van der Waals surface area (Å²) in [6.45, 7) is 1.13. The molecule has 2 aliphatic heterocycles. The van der Waals surface area contributed by atoms with Gasteiger partial charge in [-0.1, -0.05) is 41.4 Å². The van der Waals surface area contributed by atoms with Crippen LogP contribution in [0, 0.1) is 0 Å². The Morgan fingerprint density at radius 2 is 1.85 bits per heavy atom. The number of alkyl halides is 1. The number of carbonyl (C=O) groups is 3. The molecule has 11 heteroatoms. The van der Waals surface area contributed by atoms with Crippen LogP contribution >= 0.6 is 34.8 Å². The number of H-pyrrole nitrogens is 2. The Kier molecular flexibility index (Phi) is 7.90. The summed E-state index contributed by atoms with van der Waals surface area (Å²) < 4.78 is 0. The summed E-state index contributed by atoms with van der Waals surface area (Å²) in [4.78, 5) is 50.3. The van der Waals surface area contributed by atoms with Crippen LogP contribution in [0.4, 0.5) is 0 Å². The summed E-state index contributed by atoms with van der Waals surface area (Å²) in [5.41, 5.74) is 4.74. The molecule has 2 aliphatic rings. The third-order valence-electron chi connectivity index (χ3n) is 8.28. The van der Waals surface area contributed by atoms with Gasteiger partial charge >= 0.3 is 0 Å². The molecule has 0 bridgehead atoms. The molecule has 1 fully saturated rings. The first kappa shape index (κ1) is 27.9. The van der Waals surface area contributed by atoms with Gasteiger partial charge in [0.25, 0.3) is 0 Å². The Hall–Kier alpha value is -3.20. The Labute approximate surface area is 252 Å². The monoisotopic (exact) mass is 613 g/mol. The van der Waals surface area contributed by atoms with Crippen LogP contribution in [0.1, 0.15) is 36.1 Å². The minimum absolute atomic E-state index is 0.189. The van der Waals surface area contributed by atoms with E-state index in [0.29, 0.717) is 42.4 Å². The molecule has 3 amide bonds. The predicted molar refractivity (Wildman–Crippen MR) is 161 cm³/mol. The molecule has 0 spiro atoms. The number of aromatic amines is 2. The van der Waals surface area contributed by atoms with Gasteiger partial charge in [-0.25, -0.2) is 0 Å². The molecule has 41 heavy (non-hydrogen) atoms. The number of amides is 3. The molecule has 4 aromatic rings. The van der Waals surface area contributed by atoms with Crippen LogP contribution in [-0.2, 0) is 33.8 Å². The van der Waals surface area contributed by atoms with Crippen molar-refractivity contribution in [2.24, 2.45) is 0 Å². The second kappa shape index (κ2) is 11.6. The number of carbonyl (C=O) groups excluding carboxylic acids is 3. The van der Waals surface area contributed by atoms with E-state index in [1.807, 2.05) is 36.5 Å². The molecule has 6 rings (SSSR count). The molecule has 3 N–H and O–H groups in total. The molecule has 2 atom stereocenters. The maximum Gasteiger partial charge on any atom is 0.246 e. The van der Waals surface area contributed by atoms with Crippen molar-refractivity contribution in [2.75, 3.05) is 19.0 Å². The summed E-state index contributed by atoms with van der Waals surface area (Å²) >= 11 is 18.5. The van der Waals surface area contributed by atoms with Gasteiger partial charge in [0.2, 0.25) is 17.7 Å². The summed E-state index contributed by atoms with van der Waals surface area (Å²) in [7, 11) is 0. The highest BCUT2D eigenvalue weighted by molar-refractivity contribution is 6.38. The van der Waals surface area contributed by atoms with Gasteiger partial charge in [0.05, 0.1) is 11.6 Å². The van der Waals surface area contributed by atoms with E-state index in [4.69, 9.17) is 34.8 Å². The summed E-state index contributed by atoms with van der Waals surface area (Å²) in [5.74, 6) is -0.913. The molecular weight excluding hydrogens is 585 g/mol.